The molecular weight excluding hydrogens is 615 g/mol. The van der Waals surface area contributed by atoms with E-state index in [1.54, 1.807) is 6.20 Å². The predicted octanol–water partition coefficient (Wildman–Crippen LogP) is 10.3. The van der Waals surface area contributed by atoms with E-state index in [-0.39, 0.29) is 17.7 Å². The van der Waals surface area contributed by atoms with Gasteiger partial charge in [0.2, 0.25) is 12.3 Å². The number of benzene rings is 1. The third-order valence-electron chi connectivity index (χ3n) is 7.79. The third-order valence-corrected chi connectivity index (χ3v) is 9.09. The molecule has 2 aromatic rings. The highest BCUT2D eigenvalue weighted by Crippen LogP contribution is 2.38. The van der Waals surface area contributed by atoms with Gasteiger partial charge >= 0.3 is 0 Å². The Morgan fingerprint density at radius 1 is 1.12 bits per heavy atom. The number of aryl methyl sites for hydroxylation is 2. The van der Waals surface area contributed by atoms with E-state index >= 15 is 0 Å². The molecule has 8 heteroatoms. The molecule has 2 N–H and O–H groups in total. The molecule has 3 atom stereocenters. The lowest BCUT2D eigenvalue weighted by Crippen LogP contribution is -2.43. The van der Waals surface area contributed by atoms with Gasteiger partial charge in [0.1, 0.15) is 0 Å². The fourth-order valence-corrected chi connectivity index (χ4v) is 7.02. The fourth-order valence-electron chi connectivity index (χ4n) is 5.95. The molecular formula is C40H71N5O2S. The summed E-state index contributed by atoms with van der Waals surface area (Å²) < 4.78 is 0. The number of amides is 2. The molecule has 1 aromatic carbocycles. The van der Waals surface area contributed by atoms with Gasteiger partial charge in [-0.1, -0.05) is 89.2 Å². The smallest absolute Gasteiger partial charge is 0.231 e. The van der Waals surface area contributed by atoms with Crippen molar-refractivity contribution in [3.05, 3.63) is 47.3 Å². The van der Waals surface area contributed by atoms with Gasteiger partial charge in [0, 0.05) is 36.0 Å². The van der Waals surface area contributed by atoms with Crippen LogP contribution in [0.4, 0.5) is 11.4 Å². The van der Waals surface area contributed by atoms with Gasteiger partial charge in [-0.3, -0.25) is 19.6 Å². The summed E-state index contributed by atoms with van der Waals surface area (Å²) in [4.78, 5) is 36.8. The van der Waals surface area contributed by atoms with E-state index in [1.165, 1.54) is 6.42 Å². The molecule has 7 nitrogen and oxygen atoms in total. The van der Waals surface area contributed by atoms with Crippen LogP contribution >= 0.6 is 11.8 Å². The molecule has 3 rings (SSSR count). The largest absolute Gasteiger partial charge is 0.358 e. The van der Waals surface area contributed by atoms with Gasteiger partial charge in [-0.15, -0.1) is 11.8 Å². The summed E-state index contributed by atoms with van der Waals surface area (Å²) in [7, 11) is 2.21. The SMILES string of the molecule is C=Nc1cc([C@@H](CCC(C)CNC=O)C(=O)Nc2cnc(C)c(CC)c2)ccc1SCC1CN(C)CC(C)(C)C1.CC.CC.CC.CC. The molecule has 274 valence electrons. The molecule has 1 saturated heterocycles. The van der Waals surface area contributed by atoms with E-state index in [0.717, 1.165) is 65.5 Å². The number of nitrogens with zero attached hydrogens (tertiary/aromatic N) is 3. The highest BCUT2D eigenvalue weighted by atomic mass is 32.2. The van der Waals surface area contributed by atoms with Crippen LogP contribution in [0, 0.1) is 24.2 Å². The average Bonchev–Trinajstić information content (AvgIpc) is 3.10. The number of likely N-dealkylation sites (tertiary alicyclic amines) is 1. The Labute approximate surface area is 300 Å². The molecule has 0 radical (unpaired) electrons. The summed E-state index contributed by atoms with van der Waals surface area (Å²) in [6.45, 7) is 33.5. The maximum atomic E-state index is 13.7. The summed E-state index contributed by atoms with van der Waals surface area (Å²) in [5.41, 5.74) is 4.88. The van der Waals surface area contributed by atoms with Gasteiger partial charge in [-0.2, -0.15) is 0 Å². The zero-order chi connectivity index (χ0) is 37.3. The lowest BCUT2D eigenvalue weighted by molar-refractivity contribution is -0.118. The molecule has 0 saturated carbocycles. The zero-order valence-corrected chi connectivity index (χ0v) is 33.9. The average molecular weight is 686 g/mol. The maximum Gasteiger partial charge on any atom is 0.231 e. The number of aliphatic imine (C=N–C) groups is 1. The van der Waals surface area contributed by atoms with Crippen LogP contribution in [-0.2, 0) is 16.0 Å². The molecule has 2 unspecified atom stereocenters. The molecule has 1 aliphatic rings. The Bertz CT molecular complexity index is 1170. The molecule has 0 spiro atoms. The van der Waals surface area contributed by atoms with Crippen LogP contribution in [0.5, 0.6) is 0 Å². The van der Waals surface area contributed by atoms with Crippen molar-refractivity contribution >= 4 is 42.2 Å². The molecule has 2 heterocycles. The van der Waals surface area contributed by atoms with E-state index < -0.39 is 0 Å². The van der Waals surface area contributed by atoms with Crippen LogP contribution < -0.4 is 10.6 Å². The number of hydrogen-bond donors (Lipinski definition) is 2. The molecule has 48 heavy (non-hydrogen) atoms. The summed E-state index contributed by atoms with van der Waals surface area (Å²) in [5.74, 6) is 1.47. The van der Waals surface area contributed by atoms with Gasteiger partial charge in [-0.05, 0) is 92.9 Å². The number of carbonyl (C=O) groups is 2. The predicted molar refractivity (Wildman–Crippen MR) is 213 cm³/mol. The van der Waals surface area contributed by atoms with Gasteiger partial charge in [0.05, 0.1) is 23.5 Å². The summed E-state index contributed by atoms with van der Waals surface area (Å²) in [6.07, 6.45) is 5.97. The number of piperidine rings is 1. The van der Waals surface area contributed by atoms with Crippen LogP contribution in [0.15, 0.2) is 40.4 Å². The number of hydrogen-bond acceptors (Lipinski definition) is 6. The maximum absolute atomic E-state index is 13.7. The van der Waals surface area contributed by atoms with Crippen molar-refractivity contribution in [1.29, 1.82) is 0 Å². The number of thioether (sulfide) groups is 1. The minimum absolute atomic E-state index is 0.0638. The Morgan fingerprint density at radius 2 is 1.77 bits per heavy atom. The van der Waals surface area contributed by atoms with Gasteiger partial charge < -0.3 is 15.5 Å². The molecule has 0 bridgehead atoms. The van der Waals surface area contributed by atoms with Crippen molar-refractivity contribution in [3.63, 3.8) is 0 Å². The first-order valence-corrected chi connectivity index (χ1v) is 19.4. The Balaban J connectivity index is 0. The molecule has 0 aliphatic carbocycles. The van der Waals surface area contributed by atoms with Crippen LogP contribution in [0.1, 0.15) is 125 Å². The highest BCUT2D eigenvalue weighted by molar-refractivity contribution is 7.99. The van der Waals surface area contributed by atoms with E-state index in [4.69, 9.17) is 0 Å². The lowest BCUT2D eigenvalue weighted by atomic mass is 9.79. The van der Waals surface area contributed by atoms with Crippen molar-refractivity contribution in [2.24, 2.45) is 22.2 Å². The lowest BCUT2D eigenvalue weighted by Gasteiger charge is -2.40. The van der Waals surface area contributed by atoms with Crippen molar-refractivity contribution < 1.29 is 9.59 Å². The Morgan fingerprint density at radius 3 is 2.33 bits per heavy atom. The standard InChI is InChI=1S/C32H47N5O2S.4C2H6/c1-8-25-13-27(17-35-23(25)3)36-31(39)28(11-9-22(2)16-34-21-38)26-10-12-30(29(14-26)33-6)40-19-24-15-32(4,5)20-37(7)18-24;4*1-2/h10,12-14,17,21-22,24,28H,6,8-9,11,15-16,18-20H2,1-5,7H3,(H,34,38)(H,36,39);4*1-2H3/t22?,24?,28-;;;;/m1..../s1. The summed E-state index contributed by atoms with van der Waals surface area (Å²) in [6, 6.07) is 8.20. The number of anilines is 1. The van der Waals surface area contributed by atoms with Crippen LogP contribution in [0.25, 0.3) is 0 Å². The fraction of sp³-hybridized carbons (Fsp3) is 0.650. The first-order valence-electron chi connectivity index (χ1n) is 18.4. The quantitative estimate of drug-likeness (QED) is 0.117. The number of aromatic nitrogens is 1. The number of pyridine rings is 1. The number of rotatable bonds is 14. The minimum atomic E-state index is -0.364. The minimum Gasteiger partial charge on any atom is -0.358 e. The van der Waals surface area contributed by atoms with E-state index in [9.17, 15) is 9.59 Å². The van der Waals surface area contributed by atoms with E-state index in [2.05, 4.69) is 79.1 Å². The zero-order valence-electron chi connectivity index (χ0n) is 33.1. The van der Waals surface area contributed by atoms with E-state index in [1.807, 2.05) is 86.2 Å². The van der Waals surface area contributed by atoms with Gasteiger partial charge in [-0.25, -0.2) is 0 Å². The highest BCUT2D eigenvalue weighted by Gasteiger charge is 2.31. The number of carbonyl (C=O) groups excluding carboxylic acids is 2. The van der Waals surface area contributed by atoms with E-state index in [0.29, 0.717) is 30.0 Å². The molecule has 2 amide bonds. The van der Waals surface area contributed by atoms with Crippen LogP contribution in [-0.4, -0.2) is 61.4 Å². The first kappa shape index (κ1) is 47.4. The van der Waals surface area contributed by atoms with Crippen LogP contribution in [0.2, 0.25) is 0 Å². The van der Waals surface area contributed by atoms with Crippen LogP contribution in [0.3, 0.4) is 0 Å². The molecule has 1 fully saturated rings. The number of nitrogens with one attached hydrogen (secondary N) is 2. The third kappa shape index (κ3) is 17.1. The first-order chi connectivity index (χ1) is 23.0. The Kier molecular flexibility index (Phi) is 26.8. The molecule has 1 aliphatic heterocycles. The summed E-state index contributed by atoms with van der Waals surface area (Å²) >= 11 is 1.83. The Hall–Kier alpha value is -2.71. The second-order valence-corrected chi connectivity index (χ2v) is 13.3. The van der Waals surface area contributed by atoms with Crippen molar-refractivity contribution in [2.75, 3.05) is 37.8 Å². The second-order valence-electron chi connectivity index (χ2n) is 12.2. The second kappa shape index (κ2) is 27.2. The van der Waals surface area contributed by atoms with Crippen molar-refractivity contribution in [1.82, 2.24) is 15.2 Å². The van der Waals surface area contributed by atoms with Gasteiger partial charge in [0.15, 0.2) is 0 Å². The van der Waals surface area contributed by atoms with Crippen molar-refractivity contribution in [2.45, 2.75) is 127 Å². The normalized spacial score (nSPS) is 15.9. The summed E-state index contributed by atoms with van der Waals surface area (Å²) in [5, 5.41) is 5.87. The topological polar surface area (TPSA) is 86.7 Å². The van der Waals surface area contributed by atoms with Crippen molar-refractivity contribution in [3.8, 4) is 0 Å². The van der Waals surface area contributed by atoms with Gasteiger partial charge in [0.25, 0.3) is 0 Å². The monoisotopic (exact) mass is 686 g/mol. The molecule has 1 aromatic heterocycles.